The van der Waals surface area contributed by atoms with Crippen molar-refractivity contribution < 1.29 is 14.3 Å². The Morgan fingerprint density at radius 3 is 2.78 bits per heavy atom. The number of likely N-dealkylation sites (tertiary alicyclic amines) is 1. The van der Waals surface area contributed by atoms with Crippen LogP contribution in [0.1, 0.15) is 44.5 Å². The Hall–Kier alpha value is -1.36. The third-order valence-electron chi connectivity index (χ3n) is 2.67. The molecule has 1 saturated heterocycles. The van der Waals surface area contributed by atoms with Gasteiger partial charge in [0.2, 0.25) is 5.91 Å². The van der Waals surface area contributed by atoms with E-state index in [1.165, 1.54) is 4.90 Å². The zero-order valence-electron chi connectivity index (χ0n) is 10.8. The van der Waals surface area contributed by atoms with Crippen LogP contribution in [0.2, 0.25) is 0 Å². The molecule has 18 heavy (non-hydrogen) atoms. The van der Waals surface area contributed by atoms with Gasteiger partial charge < -0.3 is 4.74 Å². The van der Waals surface area contributed by atoms with Crippen LogP contribution in [0.5, 0.6) is 0 Å². The lowest BCUT2D eigenvalue weighted by Gasteiger charge is -2.26. The number of rotatable bonds is 1. The third kappa shape index (κ3) is 2.72. The van der Waals surface area contributed by atoms with Gasteiger partial charge >= 0.3 is 6.09 Å². The van der Waals surface area contributed by atoms with Crippen LogP contribution < -0.4 is 0 Å². The third-order valence-corrected chi connectivity index (χ3v) is 3.65. The highest BCUT2D eigenvalue weighted by atomic mass is 32.1. The molecule has 1 aliphatic rings. The van der Waals surface area contributed by atoms with E-state index >= 15 is 0 Å². The van der Waals surface area contributed by atoms with Gasteiger partial charge in [-0.3, -0.25) is 4.79 Å². The maximum atomic E-state index is 12.1. The molecule has 0 N–H and O–H groups in total. The summed E-state index contributed by atoms with van der Waals surface area (Å²) >= 11 is 1.56. The predicted molar refractivity (Wildman–Crippen MR) is 69.4 cm³/mol. The van der Waals surface area contributed by atoms with E-state index in [0.29, 0.717) is 12.8 Å². The van der Waals surface area contributed by atoms with Gasteiger partial charge in [0.25, 0.3) is 0 Å². The number of imide groups is 1. The van der Waals surface area contributed by atoms with Crippen molar-refractivity contribution in [2.24, 2.45) is 0 Å². The lowest BCUT2D eigenvalue weighted by molar-refractivity contribution is -0.128. The number of amides is 2. The summed E-state index contributed by atoms with van der Waals surface area (Å²) in [6.07, 6.45) is 0.545. The van der Waals surface area contributed by atoms with Crippen molar-refractivity contribution in [1.82, 2.24) is 4.90 Å². The SMILES string of the molecule is CC(C)(C)OC(=O)N1C(=O)CCC1c1cccs1. The Balaban J connectivity index is 2.18. The summed E-state index contributed by atoms with van der Waals surface area (Å²) in [6, 6.07) is 3.72. The van der Waals surface area contributed by atoms with Crippen LogP contribution in [0.25, 0.3) is 0 Å². The second-order valence-corrected chi connectivity index (χ2v) is 6.29. The minimum atomic E-state index is -0.583. The first-order valence-electron chi connectivity index (χ1n) is 5.97. The normalized spacial score (nSPS) is 20.3. The molecule has 0 spiro atoms. The Kier molecular flexibility index (Phi) is 3.43. The van der Waals surface area contributed by atoms with Gasteiger partial charge in [0.1, 0.15) is 5.60 Å². The van der Waals surface area contributed by atoms with E-state index in [4.69, 9.17) is 4.74 Å². The largest absolute Gasteiger partial charge is 0.443 e. The van der Waals surface area contributed by atoms with Crippen LogP contribution in [-0.4, -0.2) is 22.5 Å². The number of hydrogen-bond donors (Lipinski definition) is 0. The molecule has 0 aromatic carbocycles. The molecule has 2 amide bonds. The Labute approximate surface area is 111 Å². The molecule has 5 heteroatoms. The quantitative estimate of drug-likeness (QED) is 0.784. The molecule has 4 nitrogen and oxygen atoms in total. The van der Waals surface area contributed by atoms with E-state index in [0.717, 1.165) is 4.88 Å². The standard InChI is InChI=1S/C13H17NO3S/c1-13(2,3)17-12(16)14-9(6-7-11(14)15)10-5-4-8-18-10/h4-5,8-9H,6-7H2,1-3H3. The maximum absolute atomic E-state index is 12.1. The van der Waals surface area contributed by atoms with Crippen molar-refractivity contribution in [3.8, 4) is 0 Å². The van der Waals surface area contributed by atoms with Crippen LogP contribution in [0, 0.1) is 0 Å². The van der Waals surface area contributed by atoms with Gasteiger partial charge in [-0.15, -0.1) is 11.3 Å². The maximum Gasteiger partial charge on any atom is 0.417 e. The number of ether oxygens (including phenoxy) is 1. The fourth-order valence-electron chi connectivity index (χ4n) is 1.97. The van der Waals surface area contributed by atoms with Gasteiger partial charge in [-0.25, -0.2) is 9.69 Å². The first-order valence-corrected chi connectivity index (χ1v) is 6.85. The molecule has 0 radical (unpaired) electrons. The molecule has 2 heterocycles. The highest BCUT2D eigenvalue weighted by Crippen LogP contribution is 2.36. The van der Waals surface area contributed by atoms with Crippen molar-refractivity contribution >= 4 is 23.3 Å². The van der Waals surface area contributed by atoms with Gasteiger partial charge in [0.05, 0.1) is 6.04 Å². The summed E-state index contributed by atoms with van der Waals surface area (Å²) in [5.41, 5.74) is -0.583. The second-order valence-electron chi connectivity index (χ2n) is 5.31. The lowest BCUT2D eigenvalue weighted by Crippen LogP contribution is -2.38. The Morgan fingerprint density at radius 2 is 2.22 bits per heavy atom. The molecule has 1 fully saturated rings. The van der Waals surface area contributed by atoms with Crippen LogP contribution in [0.3, 0.4) is 0 Å². The molecule has 1 atom stereocenters. The minimum absolute atomic E-state index is 0.150. The van der Waals surface area contributed by atoms with E-state index in [9.17, 15) is 9.59 Å². The molecule has 0 saturated carbocycles. The molecule has 1 aromatic heterocycles. The fourth-order valence-corrected chi connectivity index (χ4v) is 2.83. The van der Waals surface area contributed by atoms with Crippen molar-refractivity contribution in [3.63, 3.8) is 0 Å². The number of thiophene rings is 1. The first kappa shape index (κ1) is 13.1. The zero-order valence-corrected chi connectivity index (χ0v) is 11.6. The van der Waals surface area contributed by atoms with Crippen molar-refractivity contribution in [1.29, 1.82) is 0 Å². The average molecular weight is 267 g/mol. The van der Waals surface area contributed by atoms with Crippen molar-refractivity contribution in [2.75, 3.05) is 0 Å². The molecule has 0 bridgehead atoms. The van der Waals surface area contributed by atoms with Gasteiger partial charge in [0.15, 0.2) is 0 Å². The topological polar surface area (TPSA) is 46.6 Å². The van der Waals surface area contributed by atoms with Crippen molar-refractivity contribution in [3.05, 3.63) is 22.4 Å². The van der Waals surface area contributed by atoms with Gasteiger partial charge in [-0.1, -0.05) is 6.07 Å². The van der Waals surface area contributed by atoms with Crippen LogP contribution in [0.4, 0.5) is 4.79 Å². The summed E-state index contributed by atoms with van der Waals surface area (Å²) in [5.74, 6) is -0.150. The summed E-state index contributed by atoms with van der Waals surface area (Å²) < 4.78 is 5.29. The smallest absolute Gasteiger partial charge is 0.417 e. The molecule has 0 aliphatic carbocycles. The fraction of sp³-hybridized carbons (Fsp3) is 0.538. The summed E-state index contributed by atoms with van der Waals surface area (Å²) in [4.78, 5) is 26.2. The molecular weight excluding hydrogens is 250 g/mol. The number of carbonyl (C=O) groups excluding carboxylic acids is 2. The van der Waals surface area contributed by atoms with E-state index in [-0.39, 0.29) is 11.9 Å². The highest BCUT2D eigenvalue weighted by Gasteiger charge is 2.39. The number of hydrogen-bond acceptors (Lipinski definition) is 4. The molecule has 1 unspecified atom stereocenters. The number of carbonyl (C=O) groups is 2. The Morgan fingerprint density at radius 1 is 1.50 bits per heavy atom. The second kappa shape index (κ2) is 4.72. The van der Waals surface area contributed by atoms with Gasteiger partial charge in [0, 0.05) is 11.3 Å². The summed E-state index contributed by atoms with van der Waals surface area (Å²) in [5, 5.41) is 1.95. The molecule has 98 valence electrons. The molecular formula is C13H17NO3S. The average Bonchev–Trinajstić information content (AvgIpc) is 2.82. The summed E-state index contributed by atoms with van der Waals surface area (Å²) in [7, 11) is 0. The van der Waals surface area contributed by atoms with Crippen LogP contribution in [0.15, 0.2) is 17.5 Å². The van der Waals surface area contributed by atoms with Crippen LogP contribution in [-0.2, 0) is 9.53 Å². The van der Waals surface area contributed by atoms with E-state index < -0.39 is 11.7 Å². The van der Waals surface area contributed by atoms with E-state index in [1.807, 2.05) is 17.5 Å². The van der Waals surface area contributed by atoms with E-state index in [2.05, 4.69) is 0 Å². The number of nitrogens with zero attached hydrogens (tertiary/aromatic N) is 1. The molecule has 2 rings (SSSR count). The van der Waals surface area contributed by atoms with E-state index in [1.54, 1.807) is 32.1 Å². The monoisotopic (exact) mass is 267 g/mol. The van der Waals surface area contributed by atoms with Gasteiger partial charge in [-0.05, 0) is 38.6 Å². The molecule has 1 aliphatic heterocycles. The zero-order chi connectivity index (χ0) is 13.3. The van der Waals surface area contributed by atoms with Crippen LogP contribution >= 0.6 is 11.3 Å². The van der Waals surface area contributed by atoms with Gasteiger partial charge in [-0.2, -0.15) is 0 Å². The predicted octanol–water partition coefficient (Wildman–Crippen LogP) is 3.35. The first-order chi connectivity index (χ1) is 8.38. The highest BCUT2D eigenvalue weighted by molar-refractivity contribution is 7.10. The van der Waals surface area contributed by atoms with Crippen molar-refractivity contribution in [2.45, 2.75) is 45.3 Å². The Bertz CT molecular complexity index is 447. The lowest BCUT2D eigenvalue weighted by atomic mass is 10.2. The molecule has 1 aromatic rings. The minimum Gasteiger partial charge on any atom is -0.443 e. The summed E-state index contributed by atoms with van der Waals surface area (Å²) in [6.45, 7) is 5.39.